The Bertz CT molecular complexity index is 689. The van der Waals surface area contributed by atoms with Crippen molar-refractivity contribution in [3.05, 3.63) is 22.4 Å². The van der Waals surface area contributed by atoms with Gasteiger partial charge in [0, 0.05) is 18.0 Å². The molecule has 2 saturated heterocycles. The topological polar surface area (TPSA) is 66.5 Å². The molecule has 0 saturated carbocycles. The van der Waals surface area contributed by atoms with Crippen LogP contribution in [0.4, 0.5) is 4.79 Å². The minimum absolute atomic E-state index is 0.0160. The number of thiophene rings is 1. The maximum absolute atomic E-state index is 12.8. The highest BCUT2D eigenvalue weighted by Crippen LogP contribution is 2.42. The van der Waals surface area contributed by atoms with Gasteiger partial charge in [0.2, 0.25) is 0 Å². The molecule has 3 rings (SSSR count). The van der Waals surface area contributed by atoms with Gasteiger partial charge in [-0.15, -0.1) is 11.3 Å². The number of piperidine rings is 1. The summed E-state index contributed by atoms with van der Waals surface area (Å²) in [4.78, 5) is 15.9. The molecular formula is C19H30N2O3S2. The van der Waals surface area contributed by atoms with Crippen LogP contribution in [0.3, 0.4) is 0 Å². The van der Waals surface area contributed by atoms with Gasteiger partial charge in [0.1, 0.15) is 9.84 Å². The fourth-order valence-electron chi connectivity index (χ4n) is 4.10. The Labute approximate surface area is 161 Å². The Balaban J connectivity index is 1.56. The van der Waals surface area contributed by atoms with Crippen LogP contribution in [0, 0.1) is 11.3 Å². The number of amides is 2. The molecular weight excluding hydrogens is 368 g/mol. The number of sulfone groups is 1. The molecule has 7 heteroatoms. The molecule has 0 aliphatic carbocycles. The molecule has 1 aromatic rings. The van der Waals surface area contributed by atoms with Gasteiger partial charge in [0.05, 0.1) is 17.5 Å². The maximum atomic E-state index is 12.8. The molecule has 3 heterocycles. The Kier molecular flexibility index (Phi) is 5.97. The van der Waals surface area contributed by atoms with E-state index in [0.29, 0.717) is 17.4 Å². The predicted molar refractivity (Wildman–Crippen MR) is 106 cm³/mol. The number of carbonyl (C=O) groups is 1. The van der Waals surface area contributed by atoms with Gasteiger partial charge in [-0.1, -0.05) is 19.9 Å². The molecule has 5 nitrogen and oxygen atoms in total. The van der Waals surface area contributed by atoms with Crippen LogP contribution in [0.5, 0.6) is 0 Å². The van der Waals surface area contributed by atoms with E-state index >= 15 is 0 Å². The lowest BCUT2D eigenvalue weighted by Crippen LogP contribution is -2.49. The van der Waals surface area contributed by atoms with Crippen molar-refractivity contribution in [2.75, 3.05) is 24.6 Å². The maximum Gasteiger partial charge on any atom is 0.317 e. The molecule has 2 aliphatic rings. The molecule has 1 unspecified atom stereocenters. The van der Waals surface area contributed by atoms with E-state index in [1.54, 1.807) is 11.3 Å². The van der Waals surface area contributed by atoms with E-state index in [0.717, 1.165) is 45.2 Å². The molecule has 1 aromatic heterocycles. The zero-order chi connectivity index (χ0) is 18.8. The largest absolute Gasteiger partial charge is 0.330 e. The minimum Gasteiger partial charge on any atom is -0.330 e. The zero-order valence-electron chi connectivity index (χ0n) is 15.7. The number of hydrogen-bond acceptors (Lipinski definition) is 4. The number of nitrogens with one attached hydrogen (secondary N) is 1. The van der Waals surface area contributed by atoms with E-state index in [-0.39, 0.29) is 17.5 Å². The van der Waals surface area contributed by atoms with Crippen LogP contribution in [0.2, 0.25) is 0 Å². The predicted octanol–water partition coefficient (Wildman–Crippen LogP) is 3.84. The smallest absolute Gasteiger partial charge is 0.317 e. The van der Waals surface area contributed by atoms with Crippen molar-refractivity contribution < 1.29 is 13.2 Å². The lowest BCUT2D eigenvalue weighted by atomic mass is 9.74. The number of likely N-dealkylation sites (tertiary alicyclic amines) is 1. The second-order valence-electron chi connectivity index (χ2n) is 8.29. The fraction of sp³-hybridized carbons (Fsp3) is 0.737. The van der Waals surface area contributed by atoms with Crippen molar-refractivity contribution in [2.24, 2.45) is 11.3 Å². The van der Waals surface area contributed by atoms with Crippen molar-refractivity contribution >= 4 is 27.2 Å². The summed E-state index contributed by atoms with van der Waals surface area (Å²) in [7, 11) is -2.83. The van der Waals surface area contributed by atoms with Gasteiger partial charge in [0.25, 0.3) is 0 Å². The summed E-state index contributed by atoms with van der Waals surface area (Å²) in [5.41, 5.74) is 0.132. The second kappa shape index (κ2) is 7.89. The van der Waals surface area contributed by atoms with Crippen molar-refractivity contribution in [3.8, 4) is 0 Å². The number of carbonyl (C=O) groups excluding carboxylic acids is 1. The van der Waals surface area contributed by atoms with Gasteiger partial charge < -0.3 is 10.2 Å². The Morgan fingerprint density at radius 2 is 1.88 bits per heavy atom. The van der Waals surface area contributed by atoms with Gasteiger partial charge in [0.15, 0.2) is 0 Å². The first-order chi connectivity index (χ1) is 12.3. The van der Waals surface area contributed by atoms with Crippen LogP contribution in [-0.4, -0.2) is 43.9 Å². The Morgan fingerprint density at radius 3 is 2.42 bits per heavy atom. The molecule has 1 N–H and O–H groups in total. The number of hydrogen-bond donors (Lipinski definition) is 1. The first kappa shape index (κ1) is 19.7. The van der Waals surface area contributed by atoms with Gasteiger partial charge in [-0.25, -0.2) is 13.2 Å². The first-order valence-corrected chi connectivity index (χ1v) is 12.3. The third kappa shape index (κ3) is 4.80. The van der Waals surface area contributed by atoms with Crippen molar-refractivity contribution in [1.29, 1.82) is 0 Å². The molecule has 0 aromatic carbocycles. The average molecular weight is 399 g/mol. The van der Waals surface area contributed by atoms with Gasteiger partial charge >= 0.3 is 6.03 Å². The molecule has 0 radical (unpaired) electrons. The number of rotatable bonds is 4. The molecule has 2 aliphatic heterocycles. The summed E-state index contributed by atoms with van der Waals surface area (Å²) in [6.07, 6.45) is 4.29. The second-order valence-corrected chi connectivity index (χ2v) is 11.6. The van der Waals surface area contributed by atoms with Crippen LogP contribution in [-0.2, 0) is 9.84 Å². The highest BCUT2D eigenvalue weighted by atomic mass is 32.2. The van der Waals surface area contributed by atoms with Gasteiger partial charge in [-0.2, -0.15) is 0 Å². The molecule has 2 fully saturated rings. The van der Waals surface area contributed by atoms with Crippen LogP contribution >= 0.6 is 11.3 Å². The lowest BCUT2D eigenvalue weighted by molar-refractivity contribution is 0.105. The number of nitrogens with zero attached hydrogens (tertiary/aromatic N) is 1. The minimum atomic E-state index is -2.83. The van der Waals surface area contributed by atoms with Crippen LogP contribution < -0.4 is 5.32 Å². The van der Waals surface area contributed by atoms with Crippen molar-refractivity contribution in [3.63, 3.8) is 0 Å². The monoisotopic (exact) mass is 398 g/mol. The third-order valence-electron chi connectivity index (χ3n) is 5.89. The summed E-state index contributed by atoms with van der Waals surface area (Å²) in [6, 6.07) is 4.20. The van der Waals surface area contributed by atoms with Crippen molar-refractivity contribution in [1.82, 2.24) is 10.2 Å². The standard InChI is InChI=1S/C19H30N2O3S2/c1-15(2)14-16(17-4-3-11-25-17)20-18(22)21-9-5-19(6-10-21)7-12-26(23,24)13-8-19/h3-4,11,15-16H,5-10,12-14H2,1-2H3,(H,20,22). The van der Waals surface area contributed by atoms with E-state index in [1.165, 1.54) is 4.88 Å². The average Bonchev–Trinajstić information content (AvgIpc) is 3.12. The van der Waals surface area contributed by atoms with E-state index in [4.69, 9.17) is 0 Å². The van der Waals surface area contributed by atoms with Gasteiger partial charge in [-0.3, -0.25) is 0 Å². The van der Waals surface area contributed by atoms with E-state index in [1.807, 2.05) is 11.0 Å². The third-order valence-corrected chi connectivity index (χ3v) is 8.53. The van der Waals surface area contributed by atoms with Crippen LogP contribution in [0.25, 0.3) is 0 Å². The Hall–Kier alpha value is -1.08. The summed E-state index contributed by atoms with van der Waals surface area (Å²) in [5.74, 6) is 1.14. The summed E-state index contributed by atoms with van der Waals surface area (Å²) < 4.78 is 23.4. The highest BCUT2D eigenvalue weighted by molar-refractivity contribution is 7.91. The van der Waals surface area contributed by atoms with E-state index in [9.17, 15) is 13.2 Å². The van der Waals surface area contributed by atoms with Crippen LogP contribution in [0.1, 0.15) is 56.9 Å². The SMILES string of the molecule is CC(C)CC(NC(=O)N1CCC2(CC1)CCS(=O)(=O)CC2)c1cccs1. The molecule has 2 amide bonds. The normalized spacial score (nSPS) is 23.1. The molecule has 1 atom stereocenters. The summed E-state index contributed by atoms with van der Waals surface area (Å²) in [6.45, 7) is 5.80. The Morgan fingerprint density at radius 1 is 1.23 bits per heavy atom. The summed E-state index contributed by atoms with van der Waals surface area (Å²) >= 11 is 1.69. The summed E-state index contributed by atoms with van der Waals surface area (Å²) in [5, 5.41) is 5.28. The highest BCUT2D eigenvalue weighted by Gasteiger charge is 2.40. The van der Waals surface area contributed by atoms with E-state index < -0.39 is 9.84 Å². The molecule has 1 spiro atoms. The van der Waals surface area contributed by atoms with Crippen molar-refractivity contribution in [2.45, 2.75) is 52.0 Å². The fourth-order valence-corrected chi connectivity index (χ4v) is 6.59. The van der Waals surface area contributed by atoms with E-state index in [2.05, 4.69) is 30.6 Å². The van der Waals surface area contributed by atoms with Crippen LogP contribution in [0.15, 0.2) is 17.5 Å². The molecule has 0 bridgehead atoms. The lowest BCUT2D eigenvalue weighted by Gasteiger charge is -2.44. The quantitative estimate of drug-likeness (QED) is 0.838. The molecule has 26 heavy (non-hydrogen) atoms. The van der Waals surface area contributed by atoms with Gasteiger partial charge in [-0.05, 0) is 54.9 Å². The number of urea groups is 1. The zero-order valence-corrected chi connectivity index (χ0v) is 17.4. The molecule has 146 valence electrons. The first-order valence-electron chi connectivity index (χ1n) is 9.58.